The van der Waals surface area contributed by atoms with E-state index in [9.17, 15) is 4.79 Å². The Hall–Kier alpha value is -3.28. The van der Waals surface area contributed by atoms with E-state index in [0.29, 0.717) is 35.1 Å². The molecule has 5 rings (SSSR count). The van der Waals surface area contributed by atoms with Gasteiger partial charge in [0.2, 0.25) is 5.89 Å². The van der Waals surface area contributed by atoms with Crippen LogP contribution in [0.2, 0.25) is 0 Å². The lowest BCUT2D eigenvalue weighted by Gasteiger charge is -2.20. The molecule has 0 bridgehead atoms. The predicted octanol–water partition coefficient (Wildman–Crippen LogP) is 4.24. The predicted molar refractivity (Wildman–Crippen MR) is 116 cm³/mol. The molecule has 0 aliphatic heterocycles. The summed E-state index contributed by atoms with van der Waals surface area (Å²) in [5.74, 6) is 1.89. The summed E-state index contributed by atoms with van der Waals surface area (Å²) < 4.78 is 7.46. The molecule has 1 aliphatic rings. The second-order valence-electron chi connectivity index (χ2n) is 8.38. The molecule has 0 saturated carbocycles. The van der Waals surface area contributed by atoms with E-state index in [1.54, 1.807) is 10.9 Å². The molecule has 30 heavy (non-hydrogen) atoms. The SMILES string of the molecule is Cc1ccc(-c2nc(Cn3cnc4nc5c(cc4c3=O)CC(C)CC5)c(C)o2)cc1. The summed E-state index contributed by atoms with van der Waals surface area (Å²) in [5.41, 5.74) is 5.53. The Bertz CT molecular complexity index is 1300. The van der Waals surface area contributed by atoms with E-state index in [1.165, 1.54) is 11.1 Å². The first-order chi connectivity index (χ1) is 14.5. The van der Waals surface area contributed by atoms with Gasteiger partial charge in [-0.25, -0.2) is 15.0 Å². The van der Waals surface area contributed by atoms with Crippen molar-refractivity contribution in [1.29, 1.82) is 0 Å². The summed E-state index contributed by atoms with van der Waals surface area (Å²) in [5, 5.41) is 0.574. The summed E-state index contributed by atoms with van der Waals surface area (Å²) in [7, 11) is 0. The number of nitrogens with zero attached hydrogens (tertiary/aromatic N) is 4. The summed E-state index contributed by atoms with van der Waals surface area (Å²) in [6.45, 7) is 6.48. The van der Waals surface area contributed by atoms with Crippen LogP contribution in [-0.2, 0) is 19.4 Å². The van der Waals surface area contributed by atoms with E-state index >= 15 is 0 Å². The van der Waals surface area contributed by atoms with E-state index in [1.807, 2.05) is 44.2 Å². The van der Waals surface area contributed by atoms with Crippen LogP contribution in [-0.4, -0.2) is 19.5 Å². The molecule has 0 fully saturated rings. The third kappa shape index (κ3) is 3.32. The van der Waals surface area contributed by atoms with Gasteiger partial charge in [0.25, 0.3) is 5.56 Å². The van der Waals surface area contributed by atoms with Gasteiger partial charge in [0.1, 0.15) is 17.8 Å². The highest BCUT2D eigenvalue weighted by Crippen LogP contribution is 2.26. The van der Waals surface area contributed by atoms with Gasteiger partial charge in [0, 0.05) is 11.3 Å². The molecule has 1 aromatic carbocycles. The van der Waals surface area contributed by atoms with Crippen molar-refractivity contribution in [2.45, 2.75) is 46.6 Å². The lowest BCUT2D eigenvalue weighted by Crippen LogP contribution is -2.23. The van der Waals surface area contributed by atoms with Gasteiger partial charge in [-0.3, -0.25) is 9.36 Å². The molecule has 6 nitrogen and oxygen atoms in total. The first-order valence-corrected chi connectivity index (χ1v) is 10.4. The van der Waals surface area contributed by atoms with Crippen molar-refractivity contribution in [3.05, 3.63) is 75.3 Å². The zero-order valence-electron chi connectivity index (χ0n) is 17.5. The molecule has 6 heteroatoms. The van der Waals surface area contributed by atoms with Gasteiger partial charge >= 0.3 is 0 Å². The zero-order valence-corrected chi connectivity index (χ0v) is 17.5. The van der Waals surface area contributed by atoms with Gasteiger partial charge < -0.3 is 4.42 Å². The number of hydrogen-bond donors (Lipinski definition) is 0. The maximum Gasteiger partial charge on any atom is 0.263 e. The molecule has 1 atom stereocenters. The van der Waals surface area contributed by atoms with Crippen LogP contribution in [0.4, 0.5) is 0 Å². The van der Waals surface area contributed by atoms with E-state index < -0.39 is 0 Å². The van der Waals surface area contributed by atoms with Crippen LogP contribution in [0, 0.1) is 19.8 Å². The first-order valence-electron chi connectivity index (χ1n) is 10.4. The van der Waals surface area contributed by atoms with Gasteiger partial charge in [-0.2, -0.15) is 0 Å². The third-order valence-electron chi connectivity index (χ3n) is 5.94. The fourth-order valence-corrected chi connectivity index (χ4v) is 4.09. The van der Waals surface area contributed by atoms with Gasteiger partial charge in [-0.15, -0.1) is 0 Å². The average molecular weight is 400 g/mol. The number of aromatic nitrogens is 4. The smallest absolute Gasteiger partial charge is 0.263 e. The van der Waals surface area contributed by atoms with Crippen molar-refractivity contribution >= 4 is 11.0 Å². The summed E-state index contributed by atoms with van der Waals surface area (Å²) >= 11 is 0. The number of fused-ring (bicyclic) bond motifs is 2. The second-order valence-corrected chi connectivity index (χ2v) is 8.38. The minimum absolute atomic E-state index is 0.0900. The number of rotatable bonds is 3. The van der Waals surface area contributed by atoms with Crippen LogP contribution in [0.5, 0.6) is 0 Å². The Balaban J connectivity index is 1.50. The standard InChI is InChI=1S/C24H24N4O2/c1-14-4-7-17(8-5-14)23-27-21(16(3)30-23)12-28-13-25-22-19(24(28)29)11-18-10-15(2)6-9-20(18)26-22/h4-5,7-8,11,13,15H,6,9-10,12H2,1-3H3. The number of benzene rings is 1. The molecular weight excluding hydrogens is 376 g/mol. The fraction of sp³-hybridized carbons (Fsp3) is 0.333. The molecule has 0 radical (unpaired) electrons. The number of aryl methyl sites for hydroxylation is 3. The van der Waals surface area contributed by atoms with E-state index in [-0.39, 0.29) is 5.56 Å². The Morgan fingerprint density at radius 2 is 1.97 bits per heavy atom. The molecule has 0 spiro atoms. The maximum atomic E-state index is 13.2. The van der Waals surface area contributed by atoms with Crippen LogP contribution in [0.1, 0.15) is 41.6 Å². The normalized spacial score (nSPS) is 16.0. The number of oxazole rings is 1. The Labute approximate surface area is 174 Å². The summed E-state index contributed by atoms with van der Waals surface area (Å²) in [6.07, 6.45) is 4.62. The molecule has 152 valence electrons. The lowest BCUT2D eigenvalue weighted by atomic mass is 9.87. The highest BCUT2D eigenvalue weighted by Gasteiger charge is 2.19. The van der Waals surface area contributed by atoms with Crippen LogP contribution in [0.25, 0.3) is 22.5 Å². The highest BCUT2D eigenvalue weighted by atomic mass is 16.4. The van der Waals surface area contributed by atoms with E-state index in [4.69, 9.17) is 4.42 Å². The molecule has 3 aromatic heterocycles. The molecule has 3 heterocycles. The third-order valence-corrected chi connectivity index (χ3v) is 5.94. The lowest BCUT2D eigenvalue weighted by molar-refractivity contribution is 0.495. The fourth-order valence-electron chi connectivity index (χ4n) is 4.09. The molecular formula is C24H24N4O2. The molecule has 0 N–H and O–H groups in total. The minimum Gasteiger partial charge on any atom is -0.441 e. The van der Waals surface area contributed by atoms with Crippen molar-refractivity contribution in [2.75, 3.05) is 0 Å². The van der Waals surface area contributed by atoms with Crippen LogP contribution in [0.3, 0.4) is 0 Å². The monoisotopic (exact) mass is 400 g/mol. The van der Waals surface area contributed by atoms with Gasteiger partial charge in [0.15, 0.2) is 5.65 Å². The Morgan fingerprint density at radius 1 is 1.17 bits per heavy atom. The van der Waals surface area contributed by atoms with Crippen LogP contribution >= 0.6 is 0 Å². The zero-order chi connectivity index (χ0) is 20.8. The quantitative estimate of drug-likeness (QED) is 0.514. The van der Waals surface area contributed by atoms with Gasteiger partial charge in [0.05, 0.1) is 11.9 Å². The summed E-state index contributed by atoms with van der Waals surface area (Å²) in [4.78, 5) is 26.9. The van der Waals surface area contributed by atoms with Crippen molar-refractivity contribution in [2.24, 2.45) is 5.92 Å². The van der Waals surface area contributed by atoms with E-state index in [2.05, 4.69) is 21.9 Å². The highest BCUT2D eigenvalue weighted by molar-refractivity contribution is 5.74. The van der Waals surface area contributed by atoms with Gasteiger partial charge in [-0.05, 0) is 62.8 Å². The van der Waals surface area contributed by atoms with E-state index in [0.717, 1.165) is 36.2 Å². The van der Waals surface area contributed by atoms with Crippen molar-refractivity contribution in [3.63, 3.8) is 0 Å². The first kappa shape index (κ1) is 18.7. The molecule has 1 unspecified atom stereocenters. The Morgan fingerprint density at radius 3 is 2.77 bits per heavy atom. The topological polar surface area (TPSA) is 73.8 Å². The van der Waals surface area contributed by atoms with Crippen molar-refractivity contribution in [3.8, 4) is 11.5 Å². The molecule has 0 saturated heterocycles. The Kier molecular flexibility index (Phi) is 4.50. The van der Waals surface area contributed by atoms with Crippen LogP contribution in [0.15, 0.2) is 45.9 Å². The number of hydrogen-bond acceptors (Lipinski definition) is 5. The second kappa shape index (κ2) is 7.20. The van der Waals surface area contributed by atoms with Crippen LogP contribution < -0.4 is 5.56 Å². The minimum atomic E-state index is -0.0900. The van der Waals surface area contributed by atoms with Crippen molar-refractivity contribution < 1.29 is 4.42 Å². The molecule has 4 aromatic rings. The molecule has 0 amide bonds. The maximum absolute atomic E-state index is 13.2. The number of pyridine rings is 1. The molecule has 1 aliphatic carbocycles. The van der Waals surface area contributed by atoms with Gasteiger partial charge in [-0.1, -0.05) is 24.6 Å². The van der Waals surface area contributed by atoms with Crippen molar-refractivity contribution in [1.82, 2.24) is 19.5 Å². The largest absolute Gasteiger partial charge is 0.441 e. The average Bonchev–Trinajstić information content (AvgIpc) is 3.10. The summed E-state index contributed by atoms with van der Waals surface area (Å²) in [6, 6.07) is 10.0.